The first-order chi connectivity index (χ1) is 19.3. The van der Waals surface area contributed by atoms with Gasteiger partial charge in [0.25, 0.3) is 5.95 Å². The lowest BCUT2D eigenvalue weighted by Crippen LogP contribution is -2.35. The second-order valence-corrected chi connectivity index (χ2v) is 10.5. The molecule has 0 radical (unpaired) electrons. The SMILES string of the molecule is CC(C)OC(=O)N1CCC[C@H](N(Cc2cc(C(F)(F)F)cc(C(F)(F)F)c2)c2nn[nH]n2)c2ccc3c(c21)CCC3. The monoisotopic (exact) mass is 582 g/mol. The Bertz CT molecular complexity index is 1370. The Hall–Kier alpha value is -3.84. The van der Waals surface area contributed by atoms with Crippen LogP contribution < -0.4 is 9.80 Å². The van der Waals surface area contributed by atoms with E-state index in [4.69, 9.17) is 4.74 Å². The van der Waals surface area contributed by atoms with E-state index in [1.807, 2.05) is 12.1 Å². The van der Waals surface area contributed by atoms with Crippen LogP contribution in [0.4, 0.5) is 42.8 Å². The summed E-state index contributed by atoms with van der Waals surface area (Å²) in [5.41, 5.74) is 0.402. The number of nitrogens with one attached hydrogen (secondary N) is 1. The Labute approximate surface area is 231 Å². The van der Waals surface area contributed by atoms with Crippen LogP contribution in [0, 0.1) is 0 Å². The molecule has 5 rings (SSSR count). The van der Waals surface area contributed by atoms with Crippen molar-refractivity contribution in [2.24, 2.45) is 0 Å². The van der Waals surface area contributed by atoms with Gasteiger partial charge in [0.2, 0.25) is 0 Å². The normalized spacial score (nSPS) is 17.3. The van der Waals surface area contributed by atoms with Gasteiger partial charge in [0.1, 0.15) is 0 Å². The highest BCUT2D eigenvalue weighted by Gasteiger charge is 2.39. The van der Waals surface area contributed by atoms with E-state index < -0.39 is 35.6 Å². The third kappa shape index (κ3) is 5.96. The largest absolute Gasteiger partial charge is 0.446 e. The Balaban J connectivity index is 1.63. The minimum Gasteiger partial charge on any atom is -0.446 e. The number of H-pyrrole nitrogens is 1. The lowest BCUT2D eigenvalue weighted by Gasteiger charge is -2.33. The highest BCUT2D eigenvalue weighted by Crippen LogP contribution is 2.45. The number of tetrazole rings is 1. The number of hydrogen-bond acceptors (Lipinski definition) is 6. The number of fused-ring (bicyclic) bond motifs is 3. The molecule has 2 aliphatic rings. The molecule has 1 aromatic heterocycles. The van der Waals surface area contributed by atoms with E-state index in [9.17, 15) is 31.1 Å². The van der Waals surface area contributed by atoms with Gasteiger partial charge in [-0.3, -0.25) is 4.90 Å². The van der Waals surface area contributed by atoms with Crippen LogP contribution in [0.15, 0.2) is 30.3 Å². The molecule has 0 spiro atoms. The number of anilines is 2. The Morgan fingerprint density at radius 1 is 1.07 bits per heavy atom. The summed E-state index contributed by atoms with van der Waals surface area (Å²) in [5.74, 6) is 0.00521. The van der Waals surface area contributed by atoms with Gasteiger partial charge in [-0.25, -0.2) is 4.79 Å². The summed E-state index contributed by atoms with van der Waals surface area (Å²) in [6, 6.07) is 4.75. The number of halogens is 6. The van der Waals surface area contributed by atoms with Gasteiger partial charge in [-0.1, -0.05) is 17.2 Å². The molecule has 8 nitrogen and oxygen atoms in total. The molecule has 3 aromatic rings. The molecule has 220 valence electrons. The summed E-state index contributed by atoms with van der Waals surface area (Å²) in [5, 5.41) is 14.0. The topological polar surface area (TPSA) is 87.2 Å². The van der Waals surface area contributed by atoms with Gasteiger partial charge < -0.3 is 9.64 Å². The van der Waals surface area contributed by atoms with Crippen LogP contribution in [-0.2, 0) is 36.5 Å². The number of aryl methyl sites for hydroxylation is 1. The maximum absolute atomic E-state index is 13.6. The lowest BCUT2D eigenvalue weighted by atomic mass is 9.94. The first-order valence-corrected chi connectivity index (χ1v) is 13.2. The number of benzene rings is 2. The molecule has 14 heteroatoms. The van der Waals surface area contributed by atoms with Crippen molar-refractivity contribution < 1.29 is 35.9 Å². The molecule has 2 heterocycles. The zero-order chi connectivity index (χ0) is 29.5. The predicted molar refractivity (Wildman–Crippen MR) is 136 cm³/mol. The smallest absolute Gasteiger partial charge is 0.416 e. The molecule has 0 saturated carbocycles. The van der Waals surface area contributed by atoms with Crippen LogP contribution in [-0.4, -0.2) is 39.4 Å². The van der Waals surface area contributed by atoms with E-state index in [1.165, 1.54) is 4.90 Å². The molecular weight excluding hydrogens is 554 g/mol. The number of carbonyl (C=O) groups excluding carboxylic acids is 1. The second kappa shape index (κ2) is 10.9. The summed E-state index contributed by atoms with van der Waals surface area (Å²) in [6.45, 7) is 3.45. The van der Waals surface area contributed by atoms with E-state index in [-0.39, 0.29) is 30.2 Å². The lowest BCUT2D eigenvalue weighted by molar-refractivity contribution is -0.143. The fourth-order valence-electron chi connectivity index (χ4n) is 5.64. The van der Waals surface area contributed by atoms with Crippen molar-refractivity contribution in [3.05, 3.63) is 63.7 Å². The van der Waals surface area contributed by atoms with Gasteiger partial charge in [0, 0.05) is 13.1 Å². The van der Waals surface area contributed by atoms with Crippen molar-refractivity contribution >= 4 is 17.7 Å². The quantitative estimate of drug-likeness (QED) is 0.341. The Morgan fingerprint density at radius 2 is 1.78 bits per heavy atom. The molecule has 1 aliphatic heterocycles. The Kier molecular flexibility index (Phi) is 7.60. The van der Waals surface area contributed by atoms with Crippen molar-refractivity contribution in [2.45, 2.75) is 77.0 Å². The maximum Gasteiger partial charge on any atom is 0.416 e. The number of amides is 1. The summed E-state index contributed by atoms with van der Waals surface area (Å²) in [7, 11) is 0. The van der Waals surface area contributed by atoms with Gasteiger partial charge in [0.15, 0.2) is 0 Å². The van der Waals surface area contributed by atoms with E-state index >= 15 is 0 Å². The molecule has 2 aromatic carbocycles. The number of hydrogen-bond donors (Lipinski definition) is 1. The van der Waals surface area contributed by atoms with Gasteiger partial charge in [0.05, 0.1) is 29.0 Å². The number of rotatable bonds is 5. The predicted octanol–water partition coefficient (Wildman–Crippen LogP) is 6.62. The van der Waals surface area contributed by atoms with Crippen LogP contribution in [0.2, 0.25) is 0 Å². The van der Waals surface area contributed by atoms with Crippen molar-refractivity contribution in [1.82, 2.24) is 20.6 Å². The van der Waals surface area contributed by atoms with E-state index in [1.54, 1.807) is 18.7 Å². The van der Waals surface area contributed by atoms with Crippen LogP contribution in [0.25, 0.3) is 0 Å². The minimum absolute atomic E-state index is 0.00521. The van der Waals surface area contributed by atoms with Gasteiger partial charge >= 0.3 is 18.4 Å². The maximum atomic E-state index is 13.6. The van der Waals surface area contributed by atoms with Crippen molar-refractivity contribution in [2.75, 3.05) is 16.3 Å². The molecule has 1 amide bonds. The molecule has 0 bridgehead atoms. The number of carbonyl (C=O) groups is 1. The Morgan fingerprint density at radius 3 is 2.39 bits per heavy atom. The standard InChI is InChI=1S/C27H28F6N6O2/c1-15(2)41-25(40)38-10-4-7-22(21-9-8-17-5-3-6-20(17)23(21)38)39(24-34-36-37-35-24)14-16-11-18(26(28,29)30)13-19(12-16)27(31,32)33/h8-9,11-13,15,22H,3-7,10,14H2,1-2H3,(H,34,35,36,37)/t22-/m0/s1. The summed E-state index contributed by atoms with van der Waals surface area (Å²) in [4.78, 5) is 16.4. The number of aromatic amines is 1. The van der Waals surface area contributed by atoms with Crippen molar-refractivity contribution in [1.29, 1.82) is 0 Å². The fourth-order valence-corrected chi connectivity index (χ4v) is 5.64. The molecule has 41 heavy (non-hydrogen) atoms. The first kappa shape index (κ1) is 28.7. The molecule has 1 aliphatic carbocycles. The average Bonchev–Trinajstić information content (AvgIpc) is 3.55. The fraction of sp³-hybridized carbons (Fsp3) is 0.481. The van der Waals surface area contributed by atoms with Crippen molar-refractivity contribution in [3.63, 3.8) is 0 Å². The van der Waals surface area contributed by atoms with E-state index in [2.05, 4.69) is 20.6 Å². The summed E-state index contributed by atoms with van der Waals surface area (Å²) >= 11 is 0. The highest BCUT2D eigenvalue weighted by molar-refractivity contribution is 5.91. The van der Waals surface area contributed by atoms with Crippen LogP contribution >= 0.6 is 0 Å². The zero-order valence-corrected chi connectivity index (χ0v) is 22.3. The molecule has 1 N–H and O–H groups in total. The summed E-state index contributed by atoms with van der Waals surface area (Å²) < 4.78 is 87.2. The van der Waals surface area contributed by atoms with E-state index in [0.717, 1.165) is 30.4 Å². The van der Waals surface area contributed by atoms with E-state index in [0.29, 0.717) is 42.8 Å². The molecule has 0 unspecified atom stereocenters. The average molecular weight is 583 g/mol. The first-order valence-electron chi connectivity index (χ1n) is 13.2. The highest BCUT2D eigenvalue weighted by atomic mass is 19.4. The van der Waals surface area contributed by atoms with Gasteiger partial charge in [-0.15, -0.1) is 5.10 Å². The molecule has 0 fully saturated rings. The minimum atomic E-state index is -4.99. The number of nitrogens with zero attached hydrogens (tertiary/aromatic N) is 5. The number of alkyl halides is 6. The zero-order valence-electron chi connectivity index (χ0n) is 22.3. The van der Waals surface area contributed by atoms with Crippen LogP contribution in [0.5, 0.6) is 0 Å². The number of aromatic nitrogens is 4. The van der Waals surface area contributed by atoms with Gasteiger partial charge in [-0.05, 0) is 91.6 Å². The third-order valence-corrected chi connectivity index (χ3v) is 7.30. The molecule has 0 saturated heterocycles. The van der Waals surface area contributed by atoms with Gasteiger partial charge in [-0.2, -0.15) is 31.6 Å². The second-order valence-electron chi connectivity index (χ2n) is 10.5. The third-order valence-electron chi connectivity index (χ3n) is 7.30. The van der Waals surface area contributed by atoms with Crippen LogP contribution in [0.3, 0.4) is 0 Å². The molecule has 1 atom stereocenters. The summed E-state index contributed by atoms with van der Waals surface area (Å²) in [6.07, 6.45) is -7.51. The number of ether oxygens (including phenoxy) is 1. The molecular formula is C27H28F6N6O2. The van der Waals surface area contributed by atoms with Crippen LogP contribution in [0.1, 0.15) is 72.5 Å². The van der Waals surface area contributed by atoms with Crippen molar-refractivity contribution in [3.8, 4) is 0 Å².